The van der Waals surface area contributed by atoms with E-state index in [1.165, 1.54) is 6.92 Å². The molecule has 1 N–H and O–H groups in total. The van der Waals surface area contributed by atoms with Gasteiger partial charge in [0, 0.05) is 6.61 Å². The molecule has 0 fully saturated rings. The minimum absolute atomic E-state index is 0.134. The van der Waals surface area contributed by atoms with Gasteiger partial charge >= 0.3 is 12.1 Å². The lowest BCUT2D eigenvalue weighted by Crippen LogP contribution is -2.48. The van der Waals surface area contributed by atoms with Gasteiger partial charge in [-0.05, 0) is 12.8 Å². The number of rotatable bonds is 7. The van der Waals surface area contributed by atoms with Crippen LogP contribution in [0.4, 0.5) is 13.2 Å². The second-order valence-electron chi connectivity index (χ2n) is 3.69. The number of halogens is 3. The van der Waals surface area contributed by atoms with Gasteiger partial charge in [0.2, 0.25) is 0 Å². The van der Waals surface area contributed by atoms with Crippen molar-refractivity contribution in [1.82, 2.24) is 0 Å². The van der Waals surface area contributed by atoms with Crippen molar-refractivity contribution in [1.29, 1.82) is 0 Å². The largest absolute Gasteiger partial charge is 0.481 e. The molecule has 0 aromatic rings. The Morgan fingerprint density at radius 2 is 1.81 bits per heavy atom. The van der Waals surface area contributed by atoms with E-state index in [0.717, 1.165) is 0 Å². The zero-order valence-electron chi connectivity index (χ0n) is 9.43. The molecule has 16 heavy (non-hydrogen) atoms. The van der Waals surface area contributed by atoms with Crippen LogP contribution in [-0.2, 0) is 9.53 Å². The summed E-state index contributed by atoms with van der Waals surface area (Å²) >= 11 is 0. The fourth-order valence-corrected chi connectivity index (χ4v) is 1.40. The smallest absolute Gasteiger partial charge is 0.407 e. The van der Waals surface area contributed by atoms with Crippen LogP contribution in [0.5, 0.6) is 0 Å². The Balaban J connectivity index is 4.88. The number of hydrogen-bond donors (Lipinski definition) is 1. The van der Waals surface area contributed by atoms with E-state index in [1.807, 2.05) is 0 Å². The normalized spacial score (nSPS) is 15.8. The molecular weight excluding hydrogens is 225 g/mol. The van der Waals surface area contributed by atoms with Crippen LogP contribution in [0.2, 0.25) is 0 Å². The summed E-state index contributed by atoms with van der Waals surface area (Å²) in [5.41, 5.74) is -2.77. The highest BCUT2D eigenvalue weighted by molar-refractivity contribution is 5.75. The molecule has 0 spiro atoms. The summed E-state index contributed by atoms with van der Waals surface area (Å²) in [6.07, 6.45) is -4.56. The highest BCUT2D eigenvalue weighted by atomic mass is 19.4. The molecular formula is C10H17F3O3. The van der Waals surface area contributed by atoms with Crippen molar-refractivity contribution >= 4 is 5.97 Å². The van der Waals surface area contributed by atoms with Crippen molar-refractivity contribution < 1.29 is 27.8 Å². The molecule has 0 heterocycles. The SMILES string of the molecule is CCCOCC(CCC)(C(=O)O)C(F)(F)F. The second kappa shape index (κ2) is 6.08. The van der Waals surface area contributed by atoms with Crippen LogP contribution in [0.15, 0.2) is 0 Å². The Morgan fingerprint density at radius 3 is 2.12 bits per heavy atom. The number of hydrogen-bond acceptors (Lipinski definition) is 2. The van der Waals surface area contributed by atoms with Crippen LogP contribution in [-0.4, -0.2) is 30.5 Å². The molecule has 0 bridgehead atoms. The number of aliphatic carboxylic acids is 1. The summed E-state index contributed by atoms with van der Waals surface area (Å²) in [5.74, 6) is -1.86. The Bertz CT molecular complexity index is 228. The van der Waals surface area contributed by atoms with Crippen LogP contribution < -0.4 is 0 Å². The molecule has 0 aliphatic carbocycles. The fraction of sp³-hybridized carbons (Fsp3) is 0.900. The minimum atomic E-state index is -4.79. The topological polar surface area (TPSA) is 46.5 Å². The third kappa shape index (κ3) is 3.37. The number of ether oxygens (including phenoxy) is 1. The quantitative estimate of drug-likeness (QED) is 0.698. The van der Waals surface area contributed by atoms with E-state index >= 15 is 0 Å². The Kier molecular flexibility index (Phi) is 5.78. The predicted molar refractivity (Wildman–Crippen MR) is 52.1 cm³/mol. The lowest BCUT2D eigenvalue weighted by atomic mass is 9.83. The van der Waals surface area contributed by atoms with Gasteiger partial charge in [-0.1, -0.05) is 20.3 Å². The van der Waals surface area contributed by atoms with Crippen molar-refractivity contribution in [2.24, 2.45) is 5.41 Å². The first-order valence-corrected chi connectivity index (χ1v) is 5.19. The molecule has 0 aromatic carbocycles. The van der Waals surface area contributed by atoms with Gasteiger partial charge in [0.05, 0.1) is 6.61 Å². The van der Waals surface area contributed by atoms with Gasteiger partial charge in [-0.25, -0.2) is 0 Å². The predicted octanol–water partition coefficient (Wildman–Crippen LogP) is 2.85. The maximum absolute atomic E-state index is 12.8. The van der Waals surface area contributed by atoms with Gasteiger partial charge in [0.25, 0.3) is 0 Å². The van der Waals surface area contributed by atoms with E-state index in [-0.39, 0.29) is 13.0 Å². The lowest BCUT2D eigenvalue weighted by molar-refractivity contribution is -0.246. The maximum Gasteiger partial charge on any atom is 0.407 e. The van der Waals surface area contributed by atoms with Crippen LogP contribution in [0.1, 0.15) is 33.1 Å². The zero-order chi connectivity index (χ0) is 12.8. The summed E-state index contributed by atoms with van der Waals surface area (Å²) in [6.45, 7) is 2.58. The first-order valence-electron chi connectivity index (χ1n) is 5.19. The average Bonchev–Trinajstić information content (AvgIpc) is 2.14. The molecule has 1 unspecified atom stereocenters. The molecule has 0 radical (unpaired) electrons. The number of alkyl halides is 3. The summed E-state index contributed by atoms with van der Waals surface area (Å²) < 4.78 is 43.1. The summed E-state index contributed by atoms with van der Waals surface area (Å²) in [6, 6.07) is 0. The van der Waals surface area contributed by atoms with Gasteiger partial charge in [0.1, 0.15) is 0 Å². The van der Waals surface area contributed by atoms with Crippen molar-refractivity contribution in [2.75, 3.05) is 13.2 Å². The number of carboxylic acid groups (broad SMARTS) is 1. The molecule has 0 amide bonds. The molecule has 0 rings (SSSR count). The maximum atomic E-state index is 12.8. The summed E-state index contributed by atoms with van der Waals surface area (Å²) in [7, 11) is 0. The van der Waals surface area contributed by atoms with Crippen molar-refractivity contribution in [3.05, 3.63) is 0 Å². The molecule has 3 nitrogen and oxygen atoms in total. The van der Waals surface area contributed by atoms with E-state index in [9.17, 15) is 18.0 Å². The summed E-state index contributed by atoms with van der Waals surface area (Å²) in [4.78, 5) is 10.9. The van der Waals surface area contributed by atoms with Crippen molar-refractivity contribution in [3.63, 3.8) is 0 Å². The third-order valence-electron chi connectivity index (χ3n) is 2.33. The average molecular weight is 242 g/mol. The van der Waals surface area contributed by atoms with E-state index in [1.54, 1.807) is 6.92 Å². The molecule has 0 saturated heterocycles. The highest BCUT2D eigenvalue weighted by Crippen LogP contribution is 2.42. The van der Waals surface area contributed by atoms with E-state index < -0.39 is 30.6 Å². The van der Waals surface area contributed by atoms with Crippen LogP contribution in [0.3, 0.4) is 0 Å². The third-order valence-corrected chi connectivity index (χ3v) is 2.33. The van der Waals surface area contributed by atoms with Crippen molar-refractivity contribution in [3.8, 4) is 0 Å². The van der Waals surface area contributed by atoms with E-state index in [2.05, 4.69) is 0 Å². The van der Waals surface area contributed by atoms with Gasteiger partial charge in [-0.3, -0.25) is 4.79 Å². The zero-order valence-corrected chi connectivity index (χ0v) is 9.43. The Morgan fingerprint density at radius 1 is 1.25 bits per heavy atom. The number of carbonyl (C=O) groups is 1. The molecule has 0 saturated carbocycles. The Hall–Kier alpha value is -0.780. The molecule has 6 heteroatoms. The molecule has 0 aliphatic rings. The molecule has 0 aliphatic heterocycles. The van der Waals surface area contributed by atoms with Crippen molar-refractivity contribution in [2.45, 2.75) is 39.3 Å². The first kappa shape index (κ1) is 15.2. The first-order chi connectivity index (χ1) is 7.31. The van der Waals surface area contributed by atoms with Crippen LogP contribution in [0, 0.1) is 5.41 Å². The highest BCUT2D eigenvalue weighted by Gasteiger charge is 2.60. The number of carboxylic acids is 1. The van der Waals surface area contributed by atoms with E-state index in [4.69, 9.17) is 9.84 Å². The standard InChI is InChI=1S/C10H17F3O3/c1-3-5-9(8(14)15,10(11,12)13)7-16-6-4-2/h3-7H2,1-2H3,(H,14,15). The molecule has 0 aromatic heterocycles. The van der Waals surface area contributed by atoms with Gasteiger partial charge < -0.3 is 9.84 Å². The van der Waals surface area contributed by atoms with E-state index in [0.29, 0.717) is 6.42 Å². The van der Waals surface area contributed by atoms with Gasteiger partial charge in [0.15, 0.2) is 5.41 Å². The molecule has 96 valence electrons. The Labute approximate surface area is 92.6 Å². The van der Waals surface area contributed by atoms with Gasteiger partial charge in [-0.15, -0.1) is 0 Å². The molecule has 1 atom stereocenters. The van der Waals surface area contributed by atoms with Crippen LogP contribution >= 0.6 is 0 Å². The lowest BCUT2D eigenvalue weighted by Gasteiger charge is -2.31. The van der Waals surface area contributed by atoms with Gasteiger partial charge in [-0.2, -0.15) is 13.2 Å². The summed E-state index contributed by atoms with van der Waals surface area (Å²) in [5, 5.41) is 8.79. The van der Waals surface area contributed by atoms with Crippen LogP contribution in [0.25, 0.3) is 0 Å². The second-order valence-corrected chi connectivity index (χ2v) is 3.69. The minimum Gasteiger partial charge on any atom is -0.481 e. The monoisotopic (exact) mass is 242 g/mol. The fourth-order valence-electron chi connectivity index (χ4n) is 1.40.